The van der Waals surface area contributed by atoms with Crippen LogP contribution in [0.4, 0.5) is 0 Å². The minimum atomic E-state index is -0.622. The first-order valence-electron chi connectivity index (χ1n) is 8.20. The van der Waals surface area contributed by atoms with Crippen molar-refractivity contribution in [1.82, 2.24) is 14.7 Å². The summed E-state index contributed by atoms with van der Waals surface area (Å²) >= 11 is 0. The van der Waals surface area contributed by atoms with Gasteiger partial charge >= 0.3 is 0 Å². The van der Waals surface area contributed by atoms with E-state index in [2.05, 4.69) is 5.10 Å². The Labute approximate surface area is 145 Å². The molecule has 3 rings (SSSR count). The number of ether oxygens (including phenoxy) is 1. The van der Waals surface area contributed by atoms with E-state index in [-0.39, 0.29) is 18.3 Å². The largest absolute Gasteiger partial charge is 0.484 e. The van der Waals surface area contributed by atoms with Crippen molar-refractivity contribution in [3.8, 4) is 5.75 Å². The van der Waals surface area contributed by atoms with Crippen LogP contribution >= 0.6 is 0 Å². The van der Waals surface area contributed by atoms with Gasteiger partial charge in [0.05, 0.1) is 30.6 Å². The molecule has 0 fully saturated rings. The second-order valence-electron chi connectivity index (χ2n) is 6.14. The van der Waals surface area contributed by atoms with Crippen LogP contribution in [0.1, 0.15) is 41.7 Å². The summed E-state index contributed by atoms with van der Waals surface area (Å²) in [6.07, 6.45) is -0.622. The van der Waals surface area contributed by atoms with Crippen LogP contribution in [0, 0.1) is 0 Å². The molecule has 0 aliphatic carbocycles. The second kappa shape index (κ2) is 7.06. The summed E-state index contributed by atoms with van der Waals surface area (Å²) < 4.78 is 7.35. The lowest BCUT2D eigenvalue weighted by Gasteiger charge is -2.27. The number of Topliss-reactive ketones (excluding diaryl/α,β-unsaturated/α-hetero) is 1. The Balaban J connectivity index is 1.57. The number of nitrogens with zero attached hydrogens (tertiary/aromatic N) is 3. The van der Waals surface area contributed by atoms with Gasteiger partial charge in [-0.3, -0.25) is 14.3 Å². The third kappa shape index (κ3) is 3.88. The van der Waals surface area contributed by atoms with E-state index in [1.54, 1.807) is 36.1 Å². The third-order valence-electron chi connectivity index (χ3n) is 4.22. The number of aliphatic hydroxyl groups is 1. The van der Waals surface area contributed by atoms with E-state index in [1.807, 2.05) is 10.7 Å². The molecule has 132 valence electrons. The lowest BCUT2D eigenvalue weighted by atomic mass is 10.1. The SMILES string of the molecule is CC(=O)c1ccc(OCC(=O)N2CCn3nc([C@@H](C)O)cc3C2)cc1. The zero-order valence-corrected chi connectivity index (χ0v) is 14.3. The number of hydrogen-bond donors (Lipinski definition) is 1. The first-order valence-corrected chi connectivity index (χ1v) is 8.20. The molecule has 0 bridgehead atoms. The molecule has 1 aliphatic heterocycles. The number of benzene rings is 1. The molecule has 0 unspecified atom stereocenters. The highest BCUT2D eigenvalue weighted by atomic mass is 16.5. The quantitative estimate of drug-likeness (QED) is 0.833. The fourth-order valence-corrected chi connectivity index (χ4v) is 2.73. The highest BCUT2D eigenvalue weighted by molar-refractivity contribution is 5.94. The molecule has 7 heteroatoms. The topological polar surface area (TPSA) is 84.7 Å². The van der Waals surface area contributed by atoms with Crippen molar-refractivity contribution in [1.29, 1.82) is 0 Å². The molecule has 1 aromatic carbocycles. The molecule has 0 saturated heterocycles. The number of aliphatic hydroxyl groups excluding tert-OH is 1. The smallest absolute Gasteiger partial charge is 0.260 e. The minimum absolute atomic E-state index is 0.0101. The zero-order chi connectivity index (χ0) is 18.0. The van der Waals surface area contributed by atoms with Gasteiger partial charge in [-0.2, -0.15) is 5.10 Å². The zero-order valence-electron chi connectivity index (χ0n) is 14.3. The van der Waals surface area contributed by atoms with E-state index in [0.29, 0.717) is 36.6 Å². The number of ketones is 1. The summed E-state index contributed by atoms with van der Waals surface area (Å²) in [5.41, 5.74) is 2.13. The van der Waals surface area contributed by atoms with Gasteiger partial charge in [0, 0.05) is 12.1 Å². The van der Waals surface area contributed by atoms with Crippen LogP contribution in [-0.2, 0) is 17.9 Å². The average Bonchev–Trinajstić information content (AvgIpc) is 3.03. The summed E-state index contributed by atoms with van der Waals surface area (Å²) in [7, 11) is 0. The summed E-state index contributed by atoms with van der Waals surface area (Å²) in [4.78, 5) is 25.3. The second-order valence-corrected chi connectivity index (χ2v) is 6.14. The first kappa shape index (κ1) is 17.2. The first-order chi connectivity index (χ1) is 11.9. The van der Waals surface area contributed by atoms with Crippen molar-refractivity contribution in [2.45, 2.75) is 33.0 Å². The number of rotatable bonds is 5. The molecular weight excluding hydrogens is 322 g/mol. The van der Waals surface area contributed by atoms with Crippen LogP contribution in [0.5, 0.6) is 5.75 Å². The van der Waals surface area contributed by atoms with Crippen molar-refractivity contribution >= 4 is 11.7 Å². The molecule has 1 aliphatic rings. The Morgan fingerprint density at radius 1 is 1.28 bits per heavy atom. The lowest BCUT2D eigenvalue weighted by Crippen LogP contribution is -2.40. The van der Waals surface area contributed by atoms with Gasteiger partial charge in [-0.05, 0) is 44.2 Å². The number of fused-ring (bicyclic) bond motifs is 1. The van der Waals surface area contributed by atoms with Crippen LogP contribution in [0.15, 0.2) is 30.3 Å². The fourth-order valence-electron chi connectivity index (χ4n) is 2.73. The van der Waals surface area contributed by atoms with Gasteiger partial charge in [0.15, 0.2) is 12.4 Å². The van der Waals surface area contributed by atoms with E-state index < -0.39 is 6.10 Å². The fraction of sp³-hybridized carbons (Fsp3) is 0.389. The lowest BCUT2D eigenvalue weighted by molar-refractivity contribution is -0.134. The van der Waals surface area contributed by atoms with E-state index in [4.69, 9.17) is 4.74 Å². The van der Waals surface area contributed by atoms with E-state index in [0.717, 1.165) is 5.69 Å². The maximum Gasteiger partial charge on any atom is 0.260 e. The Bertz CT molecular complexity index is 780. The Kier molecular flexibility index (Phi) is 4.85. The molecule has 1 atom stereocenters. The van der Waals surface area contributed by atoms with E-state index in [9.17, 15) is 14.7 Å². The van der Waals surface area contributed by atoms with Gasteiger partial charge in [0.1, 0.15) is 5.75 Å². The molecular formula is C18H21N3O4. The molecule has 0 radical (unpaired) electrons. The van der Waals surface area contributed by atoms with Gasteiger partial charge in [-0.1, -0.05) is 0 Å². The molecule has 1 aromatic heterocycles. The Morgan fingerprint density at radius 3 is 2.64 bits per heavy atom. The molecule has 1 amide bonds. The van der Waals surface area contributed by atoms with Crippen LogP contribution in [-0.4, -0.2) is 44.6 Å². The summed E-state index contributed by atoms with van der Waals surface area (Å²) in [6, 6.07) is 8.55. The van der Waals surface area contributed by atoms with Crippen molar-refractivity contribution < 1.29 is 19.4 Å². The number of hydrogen-bond acceptors (Lipinski definition) is 5. The minimum Gasteiger partial charge on any atom is -0.484 e. The maximum atomic E-state index is 12.4. The van der Waals surface area contributed by atoms with Gasteiger partial charge in [-0.25, -0.2) is 0 Å². The van der Waals surface area contributed by atoms with Crippen LogP contribution in [0.3, 0.4) is 0 Å². The third-order valence-corrected chi connectivity index (χ3v) is 4.22. The molecule has 0 spiro atoms. The van der Waals surface area contributed by atoms with Crippen LogP contribution in [0.25, 0.3) is 0 Å². The number of aromatic nitrogens is 2. The van der Waals surface area contributed by atoms with Crippen molar-refractivity contribution in [3.63, 3.8) is 0 Å². The van der Waals surface area contributed by atoms with Crippen LogP contribution in [0.2, 0.25) is 0 Å². The van der Waals surface area contributed by atoms with Gasteiger partial charge < -0.3 is 14.7 Å². The molecule has 7 nitrogen and oxygen atoms in total. The normalized spacial score (nSPS) is 14.8. The summed E-state index contributed by atoms with van der Waals surface area (Å²) in [6.45, 7) is 4.72. The van der Waals surface area contributed by atoms with Crippen molar-refractivity contribution in [2.75, 3.05) is 13.2 Å². The number of amides is 1. The number of carbonyl (C=O) groups excluding carboxylic acids is 2. The van der Waals surface area contributed by atoms with Crippen molar-refractivity contribution in [2.24, 2.45) is 0 Å². The Morgan fingerprint density at radius 2 is 2.00 bits per heavy atom. The predicted octanol–water partition coefficient (Wildman–Crippen LogP) is 1.56. The van der Waals surface area contributed by atoms with E-state index in [1.165, 1.54) is 6.92 Å². The van der Waals surface area contributed by atoms with Gasteiger partial charge in [0.25, 0.3) is 5.91 Å². The Hall–Kier alpha value is -2.67. The molecule has 1 N–H and O–H groups in total. The number of carbonyl (C=O) groups is 2. The summed E-state index contributed by atoms with van der Waals surface area (Å²) in [5, 5.41) is 13.9. The molecule has 2 aromatic rings. The monoisotopic (exact) mass is 343 g/mol. The maximum absolute atomic E-state index is 12.4. The molecule has 0 saturated carbocycles. The average molecular weight is 343 g/mol. The standard InChI is InChI=1S/C18H21N3O4/c1-12(22)14-3-5-16(6-4-14)25-11-18(24)20-7-8-21-15(10-20)9-17(19-21)13(2)23/h3-6,9,13,23H,7-8,10-11H2,1-2H3/t13-/m1/s1. The molecule has 25 heavy (non-hydrogen) atoms. The van der Waals surface area contributed by atoms with Gasteiger partial charge in [0.2, 0.25) is 0 Å². The van der Waals surface area contributed by atoms with Crippen molar-refractivity contribution in [3.05, 3.63) is 47.3 Å². The van der Waals surface area contributed by atoms with Gasteiger partial charge in [-0.15, -0.1) is 0 Å². The summed E-state index contributed by atoms with van der Waals surface area (Å²) in [5.74, 6) is 0.433. The highest BCUT2D eigenvalue weighted by Crippen LogP contribution is 2.18. The molecule has 2 heterocycles. The predicted molar refractivity (Wildman–Crippen MR) is 90.2 cm³/mol. The van der Waals surface area contributed by atoms with E-state index >= 15 is 0 Å². The highest BCUT2D eigenvalue weighted by Gasteiger charge is 2.23. The van der Waals surface area contributed by atoms with Crippen LogP contribution < -0.4 is 4.74 Å².